The minimum absolute atomic E-state index is 0.0656. The van der Waals surface area contributed by atoms with Gasteiger partial charge in [0.1, 0.15) is 0 Å². The van der Waals surface area contributed by atoms with Gasteiger partial charge in [-0.05, 0) is 12.3 Å². The van der Waals surface area contributed by atoms with Gasteiger partial charge in [0.05, 0.1) is 12.5 Å². The van der Waals surface area contributed by atoms with Gasteiger partial charge in [0.2, 0.25) is 5.91 Å². The first-order valence-corrected chi connectivity index (χ1v) is 6.16. The highest BCUT2D eigenvalue weighted by Gasteiger charge is 2.22. The molecule has 0 saturated carbocycles. The maximum atomic E-state index is 11.7. The smallest absolute Gasteiger partial charge is 0.305 e. The maximum absolute atomic E-state index is 11.7. The number of carboxylic acid groups (broad SMARTS) is 1. The van der Waals surface area contributed by atoms with E-state index in [0.717, 1.165) is 12.8 Å². The lowest BCUT2D eigenvalue weighted by Gasteiger charge is -2.22. The molecule has 0 aromatic rings. The Bertz CT molecular complexity index is 254. The van der Waals surface area contributed by atoms with E-state index in [2.05, 4.69) is 5.32 Å². The number of hydrogen-bond acceptors (Lipinski definition) is 3. The minimum atomic E-state index is -0.911. The molecule has 2 atom stereocenters. The van der Waals surface area contributed by atoms with Crippen molar-refractivity contribution in [2.75, 3.05) is 0 Å². The normalized spacial score (nSPS) is 14.4. The molecule has 0 rings (SSSR count). The van der Waals surface area contributed by atoms with Crippen LogP contribution in [0.15, 0.2) is 0 Å². The molecule has 0 spiro atoms. The third-order valence-electron chi connectivity index (χ3n) is 2.73. The van der Waals surface area contributed by atoms with E-state index < -0.39 is 12.0 Å². The monoisotopic (exact) mass is 244 g/mol. The van der Waals surface area contributed by atoms with Crippen molar-refractivity contribution in [3.8, 4) is 0 Å². The van der Waals surface area contributed by atoms with Crippen molar-refractivity contribution in [3.05, 3.63) is 0 Å². The third kappa shape index (κ3) is 6.94. The highest BCUT2D eigenvalue weighted by Crippen LogP contribution is 2.07. The van der Waals surface area contributed by atoms with Crippen LogP contribution in [0.25, 0.3) is 0 Å². The van der Waals surface area contributed by atoms with Crippen molar-refractivity contribution in [3.63, 3.8) is 0 Å². The first-order valence-electron chi connectivity index (χ1n) is 6.16. The van der Waals surface area contributed by atoms with Crippen LogP contribution in [0.5, 0.6) is 0 Å². The molecule has 0 aromatic carbocycles. The lowest BCUT2D eigenvalue weighted by atomic mass is 10.00. The molecule has 0 bridgehead atoms. The van der Waals surface area contributed by atoms with E-state index in [1.807, 2.05) is 20.8 Å². The van der Waals surface area contributed by atoms with Crippen LogP contribution in [0.1, 0.15) is 46.5 Å². The largest absolute Gasteiger partial charge is 0.481 e. The lowest BCUT2D eigenvalue weighted by molar-refractivity contribution is -0.138. The molecule has 0 saturated heterocycles. The molecule has 5 heteroatoms. The number of rotatable bonds is 8. The molecule has 0 heterocycles. The number of carbonyl (C=O) groups excluding carboxylic acids is 1. The summed E-state index contributed by atoms with van der Waals surface area (Å²) in [6.07, 6.45) is 2.47. The highest BCUT2D eigenvalue weighted by molar-refractivity contribution is 5.82. The van der Waals surface area contributed by atoms with Crippen molar-refractivity contribution in [1.82, 2.24) is 5.32 Å². The second kappa shape index (κ2) is 8.06. The highest BCUT2D eigenvalue weighted by atomic mass is 16.4. The topological polar surface area (TPSA) is 92.4 Å². The third-order valence-corrected chi connectivity index (χ3v) is 2.73. The number of hydrogen-bond donors (Lipinski definition) is 3. The van der Waals surface area contributed by atoms with E-state index in [9.17, 15) is 9.59 Å². The Balaban J connectivity index is 4.24. The second-order valence-corrected chi connectivity index (χ2v) is 4.71. The zero-order valence-electron chi connectivity index (χ0n) is 10.9. The Morgan fingerprint density at radius 2 is 1.94 bits per heavy atom. The maximum Gasteiger partial charge on any atom is 0.305 e. The first kappa shape index (κ1) is 15.9. The van der Waals surface area contributed by atoms with Crippen LogP contribution in [-0.4, -0.2) is 29.1 Å². The Hall–Kier alpha value is -1.10. The molecule has 0 aliphatic carbocycles. The summed E-state index contributed by atoms with van der Waals surface area (Å²) in [5.41, 5.74) is 5.72. The number of unbranched alkanes of at least 4 members (excludes halogenated alkanes) is 1. The van der Waals surface area contributed by atoms with Crippen LogP contribution in [0.2, 0.25) is 0 Å². The first-order chi connectivity index (χ1) is 7.88. The molecule has 5 nitrogen and oxygen atoms in total. The number of nitrogens with one attached hydrogen (secondary N) is 1. The van der Waals surface area contributed by atoms with Crippen LogP contribution in [0.3, 0.4) is 0 Å². The summed E-state index contributed by atoms with van der Waals surface area (Å²) in [5.74, 6) is -1.09. The van der Waals surface area contributed by atoms with E-state index in [-0.39, 0.29) is 24.3 Å². The summed E-state index contributed by atoms with van der Waals surface area (Å²) >= 11 is 0. The summed E-state index contributed by atoms with van der Waals surface area (Å²) in [6.45, 7) is 5.79. The lowest BCUT2D eigenvalue weighted by Crippen LogP contribution is -2.47. The van der Waals surface area contributed by atoms with Gasteiger partial charge in [-0.2, -0.15) is 0 Å². The van der Waals surface area contributed by atoms with Crippen molar-refractivity contribution >= 4 is 11.9 Å². The van der Waals surface area contributed by atoms with E-state index in [4.69, 9.17) is 10.8 Å². The van der Waals surface area contributed by atoms with Gasteiger partial charge in [-0.1, -0.05) is 33.6 Å². The Kier molecular flexibility index (Phi) is 7.54. The predicted octanol–water partition coefficient (Wildman–Crippen LogP) is 1.12. The number of carbonyl (C=O) groups is 2. The van der Waals surface area contributed by atoms with Crippen LogP contribution in [0.4, 0.5) is 0 Å². The van der Waals surface area contributed by atoms with Crippen molar-refractivity contribution in [1.29, 1.82) is 0 Å². The summed E-state index contributed by atoms with van der Waals surface area (Å²) < 4.78 is 0. The number of nitrogens with two attached hydrogens (primary N) is 1. The van der Waals surface area contributed by atoms with Crippen LogP contribution >= 0.6 is 0 Å². The zero-order valence-corrected chi connectivity index (χ0v) is 10.9. The molecule has 0 radical (unpaired) electrons. The predicted molar refractivity (Wildman–Crippen MR) is 66.5 cm³/mol. The quantitative estimate of drug-likeness (QED) is 0.596. The summed E-state index contributed by atoms with van der Waals surface area (Å²) in [5, 5.41) is 11.5. The van der Waals surface area contributed by atoms with E-state index in [1.54, 1.807) is 0 Å². The summed E-state index contributed by atoms with van der Waals surface area (Å²) in [4.78, 5) is 22.4. The molecular weight excluding hydrogens is 220 g/mol. The van der Waals surface area contributed by atoms with Crippen LogP contribution < -0.4 is 11.1 Å². The van der Waals surface area contributed by atoms with E-state index in [1.165, 1.54) is 0 Å². The van der Waals surface area contributed by atoms with Gasteiger partial charge in [-0.3, -0.25) is 9.59 Å². The molecule has 0 aliphatic heterocycles. The fraction of sp³-hybridized carbons (Fsp3) is 0.833. The Morgan fingerprint density at radius 1 is 1.35 bits per heavy atom. The van der Waals surface area contributed by atoms with Crippen molar-refractivity contribution < 1.29 is 14.7 Å². The molecule has 4 N–H and O–H groups in total. The minimum Gasteiger partial charge on any atom is -0.481 e. The number of aliphatic carboxylic acids is 1. The van der Waals surface area contributed by atoms with Gasteiger partial charge in [-0.25, -0.2) is 0 Å². The van der Waals surface area contributed by atoms with Crippen molar-refractivity contribution in [2.45, 2.75) is 58.5 Å². The van der Waals surface area contributed by atoms with Crippen LogP contribution in [-0.2, 0) is 9.59 Å². The standard InChI is InChI=1S/C12H24N2O3/c1-4-5-6-9(13)12(17)14-10(8(2)3)7-11(15)16/h8-10H,4-7,13H2,1-3H3,(H,14,17)(H,15,16). The molecule has 0 aromatic heterocycles. The van der Waals surface area contributed by atoms with Gasteiger partial charge < -0.3 is 16.2 Å². The Morgan fingerprint density at radius 3 is 2.35 bits per heavy atom. The number of carboxylic acids is 1. The average molecular weight is 244 g/mol. The fourth-order valence-corrected chi connectivity index (χ4v) is 1.49. The summed E-state index contributed by atoms with van der Waals surface area (Å²) in [7, 11) is 0. The van der Waals surface area contributed by atoms with Gasteiger partial charge in [0.15, 0.2) is 0 Å². The summed E-state index contributed by atoms with van der Waals surface area (Å²) in [6, 6.07) is -0.891. The zero-order chi connectivity index (χ0) is 13.4. The van der Waals surface area contributed by atoms with Gasteiger partial charge in [-0.15, -0.1) is 0 Å². The fourth-order valence-electron chi connectivity index (χ4n) is 1.49. The molecule has 17 heavy (non-hydrogen) atoms. The van der Waals surface area contributed by atoms with E-state index >= 15 is 0 Å². The molecule has 0 fully saturated rings. The van der Waals surface area contributed by atoms with Crippen LogP contribution in [0, 0.1) is 5.92 Å². The molecular formula is C12H24N2O3. The second-order valence-electron chi connectivity index (χ2n) is 4.71. The molecule has 0 aliphatic rings. The SMILES string of the molecule is CCCCC(N)C(=O)NC(CC(=O)O)C(C)C. The van der Waals surface area contributed by atoms with E-state index in [0.29, 0.717) is 6.42 Å². The number of amides is 1. The molecule has 1 amide bonds. The molecule has 2 unspecified atom stereocenters. The Labute approximate surface area is 103 Å². The van der Waals surface area contributed by atoms with Gasteiger partial charge in [0, 0.05) is 6.04 Å². The van der Waals surface area contributed by atoms with Crippen molar-refractivity contribution in [2.24, 2.45) is 11.7 Å². The van der Waals surface area contributed by atoms with Gasteiger partial charge >= 0.3 is 5.97 Å². The average Bonchev–Trinajstić information content (AvgIpc) is 2.23. The van der Waals surface area contributed by atoms with Gasteiger partial charge in [0.25, 0.3) is 0 Å². The molecule has 100 valence electrons.